The van der Waals surface area contributed by atoms with Gasteiger partial charge in [-0.3, -0.25) is 0 Å². The van der Waals surface area contributed by atoms with Gasteiger partial charge in [-0.1, -0.05) is 38.1 Å². The molecular weight excluding hydrogens is 283 g/mol. The third kappa shape index (κ3) is 2.92. The topological polar surface area (TPSA) is 38.7 Å². The van der Waals surface area contributed by atoms with Gasteiger partial charge in [-0.2, -0.15) is 0 Å². The molecular formula is C18H19FO3. The largest absolute Gasteiger partial charge is 0.489 e. The lowest BCUT2D eigenvalue weighted by molar-refractivity contribution is 0.140. The van der Waals surface area contributed by atoms with Crippen LogP contribution in [0, 0.1) is 11.2 Å². The van der Waals surface area contributed by atoms with E-state index < -0.39 is 11.9 Å². The number of ether oxygens (including phenoxy) is 2. The van der Waals surface area contributed by atoms with E-state index in [-0.39, 0.29) is 11.0 Å². The molecule has 3 rings (SSSR count). The van der Waals surface area contributed by atoms with Crippen molar-refractivity contribution in [3.63, 3.8) is 0 Å². The molecule has 1 heterocycles. The number of hydrogen-bond donors (Lipinski definition) is 1. The summed E-state index contributed by atoms with van der Waals surface area (Å²) in [5.41, 5.74) is 0.744. The number of hydrogen-bond acceptors (Lipinski definition) is 3. The molecule has 0 fully saturated rings. The average Bonchev–Trinajstić information content (AvgIpc) is 2.66. The summed E-state index contributed by atoms with van der Waals surface area (Å²) in [5.74, 6) is 0.803. The predicted molar refractivity (Wildman–Crippen MR) is 81.7 cm³/mol. The zero-order valence-corrected chi connectivity index (χ0v) is 12.7. The van der Waals surface area contributed by atoms with E-state index in [1.54, 1.807) is 36.4 Å². The van der Waals surface area contributed by atoms with E-state index in [4.69, 9.17) is 9.47 Å². The number of halogens is 1. The van der Waals surface area contributed by atoms with Gasteiger partial charge in [0.1, 0.15) is 11.9 Å². The molecule has 0 saturated carbocycles. The molecule has 0 radical (unpaired) electrons. The van der Waals surface area contributed by atoms with Gasteiger partial charge in [0.25, 0.3) is 0 Å². The highest BCUT2D eigenvalue weighted by atomic mass is 19.1. The monoisotopic (exact) mass is 302 g/mol. The van der Waals surface area contributed by atoms with Crippen molar-refractivity contribution in [2.45, 2.75) is 20.0 Å². The Morgan fingerprint density at radius 2 is 1.73 bits per heavy atom. The van der Waals surface area contributed by atoms with Crippen molar-refractivity contribution in [1.82, 2.24) is 0 Å². The summed E-state index contributed by atoms with van der Waals surface area (Å²) >= 11 is 0. The summed E-state index contributed by atoms with van der Waals surface area (Å²) in [6, 6.07) is 11.4. The Labute approximate surface area is 129 Å². The molecule has 1 unspecified atom stereocenters. The van der Waals surface area contributed by atoms with Gasteiger partial charge in [-0.15, -0.1) is 0 Å². The molecule has 0 saturated heterocycles. The van der Waals surface area contributed by atoms with Crippen molar-refractivity contribution in [2.75, 3.05) is 13.2 Å². The highest BCUT2D eigenvalue weighted by Gasteiger charge is 2.26. The number of aliphatic hydroxyl groups excluding tert-OH is 1. The minimum absolute atomic E-state index is 0.0800. The SMILES string of the molecule is CC1(C)COc2ccc(C(O)c3ccccc3F)cc2OC1. The summed E-state index contributed by atoms with van der Waals surface area (Å²) in [7, 11) is 0. The molecule has 116 valence electrons. The fourth-order valence-electron chi connectivity index (χ4n) is 2.39. The summed E-state index contributed by atoms with van der Waals surface area (Å²) < 4.78 is 25.4. The van der Waals surface area contributed by atoms with Gasteiger partial charge in [0, 0.05) is 11.0 Å². The fraction of sp³-hybridized carbons (Fsp3) is 0.333. The van der Waals surface area contributed by atoms with Crippen LogP contribution >= 0.6 is 0 Å². The molecule has 0 bridgehead atoms. The van der Waals surface area contributed by atoms with Crippen molar-refractivity contribution >= 4 is 0 Å². The number of benzene rings is 2. The summed E-state index contributed by atoms with van der Waals surface area (Å²) in [6.07, 6.45) is -1.04. The average molecular weight is 302 g/mol. The van der Waals surface area contributed by atoms with E-state index in [1.807, 2.05) is 0 Å². The van der Waals surface area contributed by atoms with E-state index in [0.717, 1.165) is 0 Å². The van der Waals surface area contributed by atoms with Crippen LogP contribution in [0.3, 0.4) is 0 Å². The van der Waals surface area contributed by atoms with E-state index >= 15 is 0 Å². The van der Waals surface area contributed by atoms with Gasteiger partial charge in [0.05, 0.1) is 13.2 Å². The molecule has 2 aromatic rings. The lowest BCUT2D eigenvalue weighted by Crippen LogP contribution is -2.26. The molecule has 4 heteroatoms. The van der Waals surface area contributed by atoms with Crippen LogP contribution < -0.4 is 9.47 Å². The van der Waals surface area contributed by atoms with Crippen LogP contribution in [0.2, 0.25) is 0 Å². The maximum absolute atomic E-state index is 13.8. The van der Waals surface area contributed by atoms with Crippen LogP contribution in [-0.4, -0.2) is 18.3 Å². The Hall–Kier alpha value is -2.07. The first-order chi connectivity index (χ1) is 10.5. The lowest BCUT2D eigenvalue weighted by atomic mass is 9.97. The maximum Gasteiger partial charge on any atom is 0.161 e. The highest BCUT2D eigenvalue weighted by Crippen LogP contribution is 2.37. The van der Waals surface area contributed by atoms with Crippen molar-refractivity contribution in [3.8, 4) is 11.5 Å². The first-order valence-corrected chi connectivity index (χ1v) is 7.28. The lowest BCUT2D eigenvalue weighted by Gasteiger charge is -2.19. The van der Waals surface area contributed by atoms with Gasteiger partial charge in [0.15, 0.2) is 11.5 Å². The van der Waals surface area contributed by atoms with Gasteiger partial charge >= 0.3 is 0 Å². The van der Waals surface area contributed by atoms with Crippen molar-refractivity contribution < 1.29 is 19.0 Å². The molecule has 1 N–H and O–H groups in total. The number of fused-ring (bicyclic) bond motifs is 1. The molecule has 1 aliphatic heterocycles. The Balaban J connectivity index is 1.91. The van der Waals surface area contributed by atoms with Crippen LogP contribution in [0.15, 0.2) is 42.5 Å². The van der Waals surface area contributed by atoms with Crippen LogP contribution in [0.25, 0.3) is 0 Å². The third-order valence-electron chi connectivity index (χ3n) is 3.72. The summed E-state index contributed by atoms with van der Waals surface area (Å²) in [4.78, 5) is 0. The van der Waals surface area contributed by atoms with Gasteiger partial charge in [-0.05, 0) is 23.8 Å². The minimum atomic E-state index is -1.04. The molecule has 2 aromatic carbocycles. The van der Waals surface area contributed by atoms with Crippen LogP contribution in [0.5, 0.6) is 11.5 Å². The van der Waals surface area contributed by atoms with Crippen molar-refractivity contribution in [2.24, 2.45) is 5.41 Å². The Bertz CT molecular complexity index is 682. The fourth-order valence-corrected chi connectivity index (χ4v) is 2.39. The van der Waals surface area contributed by atoms with Crippen molar-refractivity contribution in [1.29, 1.82) is 0 Å². The Morgan fingerprint density at radius 1 is 1.05 bits per heavy atom. The second-order valence-corrected chi connectivity index (χ2v) is 6.37. The second-order valence-electron chi connectivity index (χ2n) is 6.37. The van der Waals surface area contributed by atoms with Crippen LogP contribution in [0.4, 0.5) is 4.39 Å². The third-order valence-corrected chi connectivity index (χ3v) is 3.72. The smallest absolute Gasteiger partial charge is 0.161 e. The highest BCUT2D eigenvalue weighted by molar-refractivity contribution is 5.46. The van der Waals surface area contributed by atoms with E-state index in [9.17, 15) is 9.50 Å². The standard InChI is InChI=1S/C18H19FO3/c1-18(2)10-21-15-8-7-12(9-16(15)22-11-18)17(20)13-5-3-4-6-14(13)19/h3-9,17,20H,10-11H2,1-2H3. The van der Waals surface area contributed by atoms with Gasteiger partial charge in [0.2, 0.25) is 0 Å². The molecule has 0 aliphatic carbocycles. The number of aliphatic hydroxyl groups is 1. The van der Waals surface area contributed by atoms with E-state index in [0.29, 0.717) is 30.3 Å². The van der Waals surface area contributed by atoms with Crippen LogP contribution in [-0.2, 0) is 0 Å². The molecule has 0 amide bonds. The van der Waals surface area contributed by atoms with Gasteiger partial charge < -0.3 is 14.6 Å². The molecule has 1 aliphatic rings. The zero-order chi connectivity index (χ0) is 15.7. The molecule has 22 heavy (non-hydrogen) atoms. The minimum Gasteiger partial charge on any atom is -0.489 e. The predicted octanol–water partition coefficient (Wildman–Crippen LogP) is 3.70. The molecule has 0 spiro atoms. The normalized spacial score (nSPS) is 17.6. The summed E-state index contributed by atoms with van der Waals surface area (Å²) in [5, 5.41) is 10.4. The summed E-state index contributed by atoms with van der Waals surface area (Å²) in [6.45, 7) is 5.22. The Morgan fingerprint density at radius 3 is 2.45 bits per heavy atom. The zero-order valence-electron chi connectivity index (χ0n) is 12.7. The van der Waals surface area contributed by atoms with Crippen LogP contribution in [0.1, 0.15) is 31.1 Å². The number of rotatable bonds is 2. The van der Waals surface area contributed by atoms with E-state index in [2.05, 4.69) is 13.8 Å². The van der Waals surface area contributed by atoms with Gasteiger partial charge in [-0.25, -0.2) is 4.39 Å². The second kappa shape index (κ2) is 5.61. The molecule has 3 nitrogen and oxygen atoms in total. The Kier molecular flexibility index (Phi) is 3.79. The van der Waals surface area contributed by atoms with Crippen molar-refractivity contribution in [3.05, 3.63) is 59.4 Å². The molecule has 0 aromatic heterocycles. The maximum atomic E-state index is 13.8. The first-order valence-electron chi connectivity index (χ1n) is 7.28. The quantitative estimate of drug-likeness (QED) is 0.919. The molecule has 1 atom stereocenters. The van der Waals surface area contributed by atoms with E-state index in [1.165, 1.54) is 6.07 Å². The first kappa shape index (κ1) is 14.9.